The first-order valence-electron chi connectivity index (χ1n) is 7.25. The van der Waals surface area contributed by atoms with E-state index in [-0.39, 0.29) is 17.2 Å². The number of nitrogens with two attached hydrogens (primary N) is 1. The number of halogens is 2. The van der Waals surface area contributed by atoms with E-state index < -0.39 is 0 Å². The molecular weight excluding hydrogens is 307 g/mol. The molecule has 1 fully saturated rings. The first-order valence-corrected chi connectivity index (χ1v) is 8.00. The quantitative estimate of drug-likeness (QED) is 0.648. The van der Waals surface area contributed by atoms with Crippen LogP contribution in [0.1, 0.15) is 39.7 Å². The van der Waals surface area contributed by atoms with Crippen molar-refractivity contribution in [3.05, 3.63) is 33.8 Å². The summed E-state index contributed by atoms with van der Waals surface area (Å²) < 4.78 is 6.17. The number of rotatable bonds is 4. The zero-order valence-corrected chi connectivity index (χ0v) is 14.6. The molecule has 1 saturated heterocycles. The maximum absolute atomic E-state index is 6.17. The van der Waals surface area contributed by atoms with Crippen LogP contribution in [0.2, 0.25) is 10.0 Å². The molecule has 2 atom stereocenters. The Kier molecular flexibility index (Phi) is 4.91. The van der Waals surface area contributed by atoms with Gasteiger partial charge in [-0.15, -0.1) is 0 Å². The molecule has 2 rings (SSSR count). The topological polar surface area (TPSA) is 47.3 Å². The van der Waals surface area contributed by atoms with Crippen LogP contribution in [0.25, 0.3) is 0 Å². The highest BCUT2D eigenvalue weighted by molar-refractivity contribution is 6.42. The van der Waals surface area contributed by atoms with Gasteiger partial charge in [-0.1, -0.05) is 29.3 Å². The fourth-order valence-electron chi connectivity index (χ4n) is 3.47. The molecule has 21 heavy (non-hydrogen) atoms. The molecule has 1 heterocycles. The molecule has 3 nitrogen and oxygen atoms in total. The van der Waals surface area contributed by atoms with Gasteiger partial charge in [0.1, 0.15) is 0 Å². The molecular formula is C16H24Cl2N2O. The summed E-state index contributed by atoms with van der Waals surface area (Å²) in [5.41, 5.74) is 3.75. The fraction of sp³-hybridized carbons (Fsp3) is 0.625. The van der Waals surface area contributed by atoms with Gasteiger partial charge in [-0.05, 0) is 58.2 Å². The minimum atomic E-state index is -0.212. The molecule has 1 aromatic carbocycles. The van der Waals surface area contributed by atoms with Gasteiger partial charge in [0.2, 0.25) is 0 Å². The molecule has 1 aliphatic rings. The SMILES string of the molecule is CC1(C)CC(C(Cc2ccc(Cl)c(Cl)c2)NN)C(C)(C)O1. The summed E-state index contributed by atoms with van der Waals surface area (Å²) in [4.78, 5) is 0. The number of hydrazine groups is 1. The van der Waals surface area contributed by atoms with E-state index in [1.165, 1.54) is 0 Å². The Labute approximate surface area is 137 Å². The zero-order valence-electron chi connectivity index (χ0n) is 13.0. The molecule has 2 unspecified atom stereocenters. The second-order valence-corrected chi connectivity index (χ2v) is 7.82. The standard InChI is InChI=1S/C16H24Cl2N2O/c1-15(2)9-11(16(3,4)21-15)14(20-19)8-10-5-6-12(17)13(18)7-10/h5-7,11,14,20H,8-9,19H2,1-4H3. The summed E-state index contributed by atoms with van der Waals surface area (Å²) in [6.07, 6.45) is 1.76. The highest BCUT2D eigenvalue weighted by Gasteiger charge is 2.48. The predicted molar refractivity (Wildman–Crippen MR) is 88.6 cm³/mol. The molecule has 0 bridgehead atoms. The maximum Gasteiger partial charge on any atom is 0.0678 e. The first-order chi connectivity index (χ1) is 9.64. The summed E-state index contributed by atoms with van der Waals surface area (Å²) in [6, 6.07) is 5.85. The number of hydrogen-bond donors (Lipinski definition) is 2. The van der Waals surface area contributed by atoms with Gasteiger partial charge >= 0.3 is 0 Å². The van der Waals surface area contributed by atoms with Crippen LogP contribution in [0.15, 0.2) is 18.2 Å². The number of ether oxygens (including phenoxy) is 1. The van der Waals surface area contributed by atoms with E-state index in [0.717, 1.165) is 18.4 Å². The van der Waals surface area contributed by atoms with Gasteiger partial charge in [0, 0.05) is 12.0 Å². The van der Waals surface area contributed by atoms with Crippen LogP contribution in [0.5, 0.6) is 0 Å². The lowest BCUT2D eigenvalue weighted by Gasteiger charge is -2.32. The van der Waals surface area contributed by atoms with E-state index in [1.54, 1.807) is 0 Å². The molecule has 0 saturated carbocycles. The molecule has 0 amide bonds. The van der Waals surface area contributed by atoms with Crippen molar-refractivity contribution < 1.29 is 4.74 Å². The number of hydrogen-bond acceptors (Lipinski definition) is 3. The highest BCUT2D eigenvalue weighted by atomic mass is 35.5. The van der Waals surface area contributed by atoms with Crippen LogP contribution < -0.4 is 11.3 Å². The van der Waals surface area contributed by atoms with E-state index in [9.17, 15) is 0 Å². The van der Waals surface area contributed by atoms with Gasteiger partial charge in [-0.25, -0.2) is 0 Å². The van der Waals surface area contributed by atoms with E-state index in [0.29, 0.717) is 16.0 Å². The van der Waals surface area contributed by atoms with Crippen LogP contribution in [-0.4, -0.2) is 17.2 Å². The van der Waals surface area contributed by atoms with Crippen molar-refractivity contribution >= 4 is 23.2 Å². The lowest BCUT2D eigenvalue weighted by Crippen LogP contribution is -2.48. The molecule has 118 valence electrons. The summed E-state index contributed by atoms with van der Waals surface area (Å²) >= 11 is 12.1. The van der Waals surface area contributed by atoms with Gasteiger partial charge in [-0.3, -0.25) is 11.3 Å². The smallest absolute Gasteiger partial charge is 0.0678 e. The third-order valence-electron chi connectivity index (χ3n) is 4.28. The van der Waals surface area contributed by atoms with Gasteiger partial charge in [0.05, 0.1) is 21.2 Å². The summed E-state index contributed by atoms with van der Waals surface area (Å²) in [6.45, 7) is 8.51. The monoisotopic (exact) mass is 330 g/mol. The highest BCUT2D eigenvalue weighted by Crippen LogP contribution is 2.44. The van der Waals surface area contributed by atoms with Crippen LogP contribution in [-0.2, 0) is 11.2 Å². The zero-order chi connectivity index (χ0) is 15.8. The van der Waals surface area contributed by atoms with Crippen molar-refractivity contribution in [3.8, 4) is 0 Å². The van der Waals surface area contributed by atoms with Crippen LogP contribution in [0, 0.1) is 5.92 Å². The largest absolute Gasteiger partial charge is 0.369 e. The second-order valence-electron chi connectivity index (χ2n) is 7.00. The molecule has 5 heteroatoms. The normalized spacial score (nSPS) is 25.0. The molecule has 0 aliphatic carbocycles. The number of nitrogens with one attached hydrogen (secondary N) is 1. The Morgan fingerprint density at radius 3 is 2.43 bits per heavy atom. The Hall–Kier alpha value is -0.320. The van der Waals surface area contributed by atoms with Crippen LogP contribution in [0.3, 0.4) is 0 Å². The summed E-state index contributed by atoms with van der Waals surface area (Å²) in [5, 5.41) is 1.15. The second kappa shape index (κ2) is 6.05. The van der Waals surface area contributed by atoms with Crippen LogP contribution >= 0.6 is 23.2 Å². The third kappa shape index (κ3) is 3.91. The fourth-order valence-corrected chi connectivity index (χ4v) is 3.79. The van der Waals surface area contributed by atoms with E-state index >= 15 is 0 Å². The first kappa shape index (κ1) is 17.0. The van der Waals surface area contributed by atoms with Gasteiger partial charge in [-0.2, -0.15) is 0 Å². The summed E-state index contributed by atoms with van der Waals surface area (Å²) in [7, 11) is 0. The average molecular weight is 331 g/mol. The van der Waals surface area contributed by atoms with Crippen molar-refractivity contribution in [1.29, 1.82) is 0 Å². The van der Waals surface area contributed by atoms with Gasteiger partial charge in [0.15, 0.2) is 0 Å². The third-order valence-corrected chi connectivity index (χ3v) is 5.02. The van der Waals surface area contributed by atoms with E-state index in [2.05, 4.69) is 33.1 Å². The predicted octanol–water partition coefficient (Wildman–Crippen LogP) is 3.96. The molecule has 1 aromatic rings. The van der Waals surface area contributed by atoms with Crippen molar-refractivity contribution in [2.75, 3.05) is 0 Å². The number of benzene rings is 1. The van der Waals surface area contributed by atoms with E-state index in [1.807, 2.05) is 18.2 Å². The average Bonchev–Trinajstić information content (AvgIpc) is 2.58. The Morgan fingerprint density at radius 2 is 1.95 bits per heavy atom. The molecule has 1 aliphatic heterocycles. The Bertz CT molecular complexity index is 517. The maximum atomic E-state index is 6.17. The van der Waals surface area contributed by atoms with Crippen molar-refractivity contribution in [1.82, 2.24) is 5.43 Å². The Morgan fingerprint density at radius 1 is 1.29 bits per heavy atom. The molecule has 0 aromatic heterocycles. The van der Waals surface area contributed by atoms with Crippen molar-refractivity contribution in [3.63, 3.8) is 0 Å². The molecule has 0 spiro atoms. The van der Waals surface area contributed by atoms with Gasteiger partial charge in [0.25, 0.3) is 0 Å². The van der Waals surface area contributed by atoms with Gasteiger partial charge < -0.3 is 4.74 Å². The van der Waals surface area contributed by atoms with E-state index in [4.69, 9.17) is 33.8 Å². The molecule has 3 N–H and O–H groups in total. The minimum absolute atomic E-state index is 0.124. The minimum Gasteiger partial charge on any atom is -0.369 e. The Balaban J connectivity index is 2.18. The summed E-state index contributed by atoms with van der Waals surface area (Å²) in [5.74, 6) is 6.14. The molecule has 0 radical (unpaired) electrons. The van der Waals surface area contributed by atoms with Crippen molar-refractivity contribution in [2.45, 2.75) is 57.8 Å². The lowest BCUT2D eigenvalue weighted by atomic mass is 9.79. The lowest BCUT2D eigenvalue weighted by molar-refractivity contribution is -0.0776. The van der Waals surface area contributed by atoms with Crippen LogP contribution in [0.4, 0.5) is 0 Å². The van der Waals surface area contributed by atoms with Crippen molar-refractivity contribution in [2.24, 2.45) is 11.8 Å².